The summed E-state index contributed by atoms with van der Waals surface area (Å²) in [6.07, 6.45) is 1.24. The van der Waals surface area contributed by atoms with Crippen molar-refractivity contribution in [1.82, 2.24) is 0 Å². The molecule has 186 valence electrons. The number of benzene rings is 3. The van der Waals surface area contributed by atoms with E-state index in [9.17, 15) is 9.59 Å². The number of carbonyl (C=O) groups is 1. The molecule has 0 aliphatic carbocycles. The lowest BCUT2D eigenvalue weighted by Gasteiger charge is -2.20. The Morgan fingerprint density at radius 2 is 1.64 bits per heavy atom. The fourth-order valence-corrected chi connectivity index (χ4v) is 4.09. The Labute approximate surface area is 214 Å². The first-order chi connectivity index (χ1) is 17.2. The van der Waals surface area contributed by atoms with Gasteiger partial charge in [0.05, 0.1) is 10.4 Å². The molecular formula is C29H28ClNO5. The van der Waals surface area contributed by atoms with E-state index in [1.165, 1.54) is 6.26 Å². The summed E-state index contributed by atoms with van der Waals surface area (Å²) in [6.45, 7) is 8.20. The maximum Gasteiger partial charge on any atom is 0.262 e. The molecule has 0 aliphatic rings. The smallest absolute Gasteiger partial charge is 0.262 e. The zero-order valence-electron chi connectivity index (χ0n) is 20.6. The van der Waals surface area contributed by atoms with Crippen molar-refractivity contribution >= 4 is 34.2 Å². The van der Waals surface area contributed by atoms with Crippen molar-refractivity contribution in [2.75, 3.05) is 11.9 Å². The molecule has 0 atom stereocenters. The molecule has 0 radical (unpaired) electrons. The zero-order valence-corrected chi connectivity index (χ0v) is 21.4. The summed E-state index contributed by atoms with van der Waals surface area (Å²) in [5.41, 5.74) is 2.98. The van der Waals surface area contributed by atoms with E-state index < -0.39 is 0 Å². The number of rotatable bonds is 8. The van der Waals surface area contributed by atoms with E-state index in [4.69, 9.17) is 25.5 Å². The lowest BCUT2D eigenvalue weighted by atomic mass is 9.92. The Morgan fingerprint density at radius 1 is 0.944 bits per heavy atom. The van der Waals surface area contributed by atoms with E-state index in [1.54, 1.807) is 42.5 Å². The number of hydrogen-bond donors (Lipinski definition) is 1. The number of amides is 1. The molecule has 0 unspecified atom stereocenters. The van der Waals surface area contributed by atoms with Crippen molar-refractivity contribution < 1.29 is 18.7 Å². The molecule has 4 rings (SSSR count). The molecule has 1 heterocycles. The van der Waals surface area contributed by atoms with Crippen molar-refractivity contribution in [3.05, 3.63) is 93.3 Å². The van der Waals surface area contributed by atoms with Crippen LogP contribution in [0.5, 0.6) is 17.2 Å². The monoisotopic (exact) mass is 505 g/mol. The largest absolute Gasteiger partial charge is 0.484 e. The van der Waals surface area contributed by atoms with Crippen LogP contribution >= 0.6 is 11.6 Å². The van der Waals surface area contributed by atoms with Crippen LogP contribution in [0.3, 0.4) is 0 Å². The van der Waals surface area contributed by atoms with Gasteiger partial charge in [0.25, 0.3) is 5.91 Å². The van der Waals surface area contributed by atoms with Crippen molar-refractivity contribution in [1.29, 1.82) is 0 Å². The Kier molecular flexibility index (Phi) is 7.65. The van der Waals surface area contributed by atoms with Gasteiger partial charge in [-0.15, -0.1) is 0 Å². The lowest BCUT2D eigenvalue weighted by Crippen LogP contribution is -2.22. The fraction of sp³-hybridized carbons (Fsp3) is 0.241. The second-order valence-corrected chi connectivity index (χ2v) is 9.48. The second kappa shape index (κ2) is 10.9. The van der Waals surface area contributed by atoms with E-state index in [0.717, 1.165) is 16.8 Å². The summed E-state index contributed by atoms with van der Waals surface area (Å²) in [6, 6.07) is 17.7. The van der Waals surface area contributed by atoms with Crippen LogP contribution in [-0.2, 0) is 4.79 Å². The van der Waals surface area contributed by atoms with Gasteiger partial charge in [0.2, 0.25) is 11.2 Å². The van der Waals surface area contributed by atoms with Gasteiger partial charge in [-0.25, -0.2) is 0 Å². The maximum absolute atomic E-state index is 12.9. The minimum absolute atomic E-state index is 0.0217. The third kappa shape index (κ3) is 5.55. The van der Waals surface area contributed by atoms with Crippen LogP contribution in [0.2, 0.25) is 5.02 Å². The summed E-state index contributed by atoms with van der Waals surface area (Å²) in [7, 11) is 0. The number of carbonyl (C=O) groups excluding carboxylic acids is 1. The number of hydrogen-bond acceptors (Lipinski definition) is 5. The molecule has 7 heteroatoms. The summed E-state index contributed by atoms with van der Waals surface area (Å²) in [5, 5.41) is 3.74. The molecule has 1 amide bonds. The van der Waals surface area contributed by atoms with Crippen LogP contribution in [0.4, 0.5) is 5.69 Å². The van der Waals surface area contributed by atoms with Crippen molar-refractivity contribution in [3.8, 4) is 17.2 Å². The number of para-hydroxylation sites is 2. The molecule has 0 saturated carbocycles. The highest BCUT2D eigenvalue weighted by Gasteiger charge is 2.17. The van der Waals surface area contributed by atoms with Gasteiger partial charge in [0.1, 0.15) is 23.3 Å². The minimum Gasteiger partial charge on any atom is -0.484 e. The molecule has 1 N–H and O–H groups in total. The average molecular weight is 506 g/mol. The first kappa shape index (κ1) is 25.3. The van der Waals surface area contributed by atoms with Gasteiger partial charge in [0.15, 0.2) is 6.61 Å². The van der Waals surface area contributed by atoms with Crippen LogP contribution in [0.25, 0.3) is 11.0 Å². The fourth-order valence-electron chi connectivity index (χ4n) is 3.92. The predicted molar refractivity (Wildman–Crippen MR) is 143 cm³/mol. The number of halogens is 1. The van der Waals surface area contributed by atoms with Crippen LogP contribution in [0, 0.1) is 0 Å². The number of fused-ring (bicyclic) bond motifs is 1. The molecule has 4 aromatic rings. The minimum atomic E-state index is -0.341. The van der Waals surface area contributed by atoms with Gasteiger partial charge in [-0.2, -0.15) is 0 Å². The quantitative estimate of drug-likeness (QED) is 0.268. The number of anilines is 1. The number of ether oxygens (including phenoxy) is 2. The van der Waals surface area contributed by atoms with Gasteiger partial charge in [0, 0.05) is 11.8 Å². The van der Waals surface area contributed by atoms with Crippen LogP contribution in [-0.4, -0.2) is 12.5 Å². The van der Waals surface area contributed by atoms with E-state index in [2.05, 4.69) is 33.0 Å². The topological polar surface area (TPSA) is 77.8 Å². The summed E-state index contributed by atoms with van der Waals surface area (Å²) in [5.74, 6) is 1.03. The van der Waals surface area contributed by atoms with Crippen LogP contribution in [0.1, 0.15) is 50.7 Å². The summed E-state index contributed by atoms with van der Waals surface area (Å²) < 4.78 is 17.0. The highest BCUT2D eigenvalue weighted by Crippen LogP contribution is 2.32. The molecule has 6 nitrogen and oxygen atoms in total. The van der Waals surface area contributed by atoms with Crippen molar-refractivity contribution in [3.63, 3.8) is 0 Å². The van der Waals surface area contributed by atoms with E-state index >= 15 is 0 Å². The maximum atomic E-state index is 12.9. The normalized spacial score (nSPS) is 11.2. The van der Waals surface area contributed by atoms with Gasteiger partial charge in [-0.05, 0) is 47.2 Å². The Morgan fingerprint density at radius 3 is 2.31 bits per heavy atom. The zero-order chi connectivity index (χ0) is 25.8. The van der Waals surface area contributed by atoms with Gasteiger partial charge >= 0.3 is 0 Å². The standard InChI is InChI=1S/C29H28ClNO5/c1-17(2)20-8-7-9-21(18(3)4)28(20)31-27(32)16-34-19-12-13-22-25(14-19)35-15-26(29(22)33)36-24-11-6-5-10-23(24)30/h5-15,17-18H,16H2,1-4H3,(H,31,32). The highest BCUT2D eigenvalue weighted by atomic mass is 35.5. The molecule has 0 spiro atoms. The highest BCUT2D eigenvalue weighted by molar-refractivity contribution is 6.32. The molecular weight excluding hydrogens is 478 g/mol. The van der Waals surface area contributed by atoms with E-state index in [-0.39, 0.29) is 35.5 Å². The predicted octanol–water partition coefficient (Wildman–Crippen LogP) is 7.50. The molecule has 1 aromatic heterocycles. The van der Waals surface area contributed by atoms with Crippen molar-refractivity contribution in [2.45, 2.75) is 39.5 Å². The average Bonchev–Trinajstić information content (AvgIpc) is 2.85. The second-order valence-electron chi connectivity index (χ2n) is 9.08. The lowest BCUT2D eigenvalue weighted by molar-refractivity contribution is -0.118. The van der Waals surface area contributed by atoms with E-state index in [1.807, 2.05) is 18.2 Å². The van der Waals surface area contributed by atoms with Crippen LogP contribution in [0.15, 0.2) is 76.1 Å². The van der Waals surface area contributed by atoms with Gasteiger partial charge in [-0.3, -0.25) is 9.59 Å². The van der Waals surface area contributed by atoms with Crippen molar-refractivity contribution in [2.24, 2.45) is 0 Å². The third-order valence-corrected chi connectivity index (χ3v) is 6.09. The molecule has 0 saturated heterocycles. The molecule has 3 aromatic carbocycles. The summed E-state index contributed by atoms with van der Waals surface area (Å²) >= 11 is 6.12. The number of nitrogens with one attached hydrogen (secondary N) is 1. The molecule has 0 bridgehead atoms. The molecule has 36 heavy (non-hydrogen) atoms. The van der Waals surface area contributed by atoms with E-state index in [0.29, 0.717) is 27.5 Å². The first-order valence-corrected chi connectivity index (χ1v) is 12.2. The Bertz CT molecular complexity index is 1430. The van der Waals surface area contributed by atoms with Gasteiger partial charge in [-0.1, -0.05) is 69.6 Å². The van der Waals surface area contributed by atoms with Crippen LogP contribution < -0.4 is 20.2 Å². The summed E-state index contributed by atoms with van der Waals surface area (Å²) in [4.78, 5) is 25.6. The molecule has 0 aliphatic heterocycles. The Balaban J connectivity index is 1.49. The SMILES string of the molecule is CC(C)c1cccc(C(C)C)c1NC(=O)COc1ccc2c(=O)c(Oc3ccccc3Cl)coc2c1. The van der Waals surface area contributed by atoms with Gasteiger partial charge < -0.3 is 19.2 Å². The molecule has 0 fully saturated rings. The third-order valence-electron chi connectivity index (χ3n) is 5.78. The first-order valence-electron chi connectivity index (χ1n) is 11.8. The Hall–Kier alpha value is -3.77.